The van der Waals surface area contributed by atoms with E-state index in [1.54, 1.807) is 30.5 Å². The van der Waals surface area contributed by atoms with Gasteiger partial charge in [-0.3, -0.25) is 0 Å². The van der Waals surface area contributed by atoms with Crippen molar-refractivity contribution >= 4 is 44.6 Å². The fourth-order valence-corrected chi connectivity index (χ4v) is 9.19. The second-order valence-corrected chi connectivity index (χ2v) is 16.8. The molecular weight excluding hydrogens is 1000 g/mol. The van der Waals surface area contributed by atoms with Crippen molar-refractivity contribution in [2.24, 2.45) is 5.92 Å². The van der Waals surface area contributed by atoms with Gasteiger partial charge in [0.25, 0.3) is 0 Å². The first kappa shape index (κ1) is 34.0. The van der Waals surface area contributed by atoms with Gasteiger partial charge in [-0.1, -0.05) is 123 Å². The van der Waals surface area contributed by atoms with Gasteiger partial charge in [0, 0.05) is 89.0 Å². The summed E-state index contributed by atoms with van der Waals surface area (Å²) >= 11 is 0. The Bertz CT molecular complexity index is 3840. The summed E-state index contributed by atoms with van der Waals surface area (Å²) in [6.07, 6.45) is -0.0640. The molecule has 15 rings (SSSR count). The number of hydrogen-bond donors (Lipinski definition) is 0. The molecule has 0 aliphatic carbocycles. The number of anilines is 4. The molecule has 0 fully saturated rings. The summed E-state index contributed by atoms with van der Waals surface area (Å²) in [5.74, 6) is 1.43. The molecule has 0 atom stereocenters. The molecule has 5 aliphatic heterocycles. The Balaban J connectivity index is 0.00000602. The van der Waals surface area contributed by atoms with Crippen LogP contribution in [0.4, 0.5) is 22.7 Å². The van der Waals surface area contributed by atoms with Gasteiger partial charge in [-0.15, -0.1) is 47.6 Å². The van der Waals surface area contributed by atoms with Crippen molar-refractivity contribution in [3.05, 3.63) is 212 Å². The Morgan fingerprint density at radius 3 is 2.09 bits per heavy atom. The molecular formula is C60H45N4O2Pt-3. The number of fused-ring (bicyclic) bond motifs is 6. The molecule has 0 N–H and O–H groups in total. The fourth-order valence-electron chi connectivity index (χ4n) is 9.19. The van der Waals surface area contributed by atoms with Gasteiger partial charge < -0.3 is 23.8 Å². The predicted octanol–water partition coefficient (Wildman–Crippen LogP) is 15.9. The van der Waals surface area contributed by atoms with Crippen molar-refractivity contribution in [3.8, 4) is 62.2 Å². The molecule has 2 aromatic heterocycles. The van der Waals surface area contributed by atoms with Gasteiger partial charge in [-0.2, -0.15) is 12.1 Å². The minimum Gasteiger partial charge on any atom is -0.509 e. The van der Waals surface area contributed by atoms with Crippen LogP contribution >= 0.6 is 0 Å². The number of para-hydroxylation sites is 4. The molecule has 7 heteroatoms. The van der Waals surface area contributed by atoms with Crippen molar-refractivity contribution in [2.75, 3.05) is 9.80 Å². The summed E-state index contributed by atoms with van der Waals surface area (Å²) in [5.41, 5.74) is 8.99. The van der Waals surface area contributed by atoms with Crippen molar-refractivity contribution in [1.82, 2.24) is 9.55 Å². The van der Waals surface area contributed by atoms with E-state index in [1.165, 1.54) is 6.07 Å². The molecule has 5 aliphatic rings. The van der Waals surface area contributed by atoms with Crippen LogP contribution in [0, 0.1) is 38.4 Å². The van der Waals surface area contributed by atoms with Gasteiger partial charge in [0.15, 0.2) is 0 Å². The normalized spacial score (nSPS) is 15.0. The van der Waals surface area contributed by atoms with Crippen LogP contribution in [0.15, 0.2) is 176 Å². The zero-order valence-electron chi connectivity index (χ0n) is 44.3. The van der Waals surface area contributed by atoms with Gasteiger partial charge in [0.1, 0.15) is 17.3 Å². The maximum Gasteiger partial charge on any atom is 0.135 e. The maximum absolute atomic E-state index is 9.47. The molecule has 12 bridgehead atoms. The summed E-state index contributed by atoms with van der Waals surface area (Å²) in [7, 11) is 0. The van der Waals surface area contributed by atoms with Crippen molar-refractivity contribution in [2.45, 2.75) is 33.9 Å². The van der Waals surface area contributed by atoms with Crippen LogP contribution in [0.1, 0.15) is 41.5 Å². The first-order chi connectivity index (χ1) is 35.5. The second kappa shape index (κ2) is 17.1. The number of aromatic nitrogens is 2. The van der Waals surface area contributed by atoms with Crippen LogP contribution in [0.5, 0.6) is 23.0 Å². The van der Waals surface area contributed by atoms with E-state index in [4.69, 9.17) is 22.7 Å². The number of hydrogen-bond acceptors (Lipinski definition) is 5. The molecule has 0 unspecified atom stereocenters. The molecule has 0 amide bonds. The summed E-state index contributed by atoms with van der Waals surface area (Å²) < 4.78 is 85.6. The summed E-state index contributed by atoms with van der Waals surface area (Å²) in [5, 5.41) is 1.75. The van der Waals surface area contributed by atoms with Gasteiger partial charge in [-0.25, -0.2) is 4.98 Å². The van der Waals surface area contributed by atoms with Gasteiger partial charge >= 0.3 is 0 Å². The molecule has 330 valence electrons. The van der Waals surface area contributed by atoms with E-state index in [0.717, 1.165) is 44.4 Å². The van der Waals surface area contributed by atoms with Crippen LogP contribution in [-0.2, 0) is 27.4 Å². The second-order valence-electron chi connectivity index (χ2n) is 16.8. The molecule has 0 saturated carbocycles. The Labute approximate surface area is 417 Å². The van der Waals surface area contributed by atoms with E-state index in [2.05, 4.69) is 12.1 Å². The van der Waals surface area contributed by atoms with E-state index >= 15 is 0 Å². The van der Waals surface area contributed by atoms with E-state index < -0.39 is 26.0 Å². The molecule has 67 heavy (non-hydrogen) atoms. The SMILES string of the molecule is [2H]C([2H])([2H])c1ccc2[c-]c1Oc1[c-]c3c(cc1)c1ccccc1n3-c1cc(C([2H])([2H])C(C)C)c(cn1)-c1ccc(cc1)Oc1ccc(cc1)-c1cccc(-c3ccccc3C([2H])([2H])[2H])c1N1[CH-]N2c2ccccc21.[Pt]. The first-order valence-corrected chi connectivity index (χ1v) is 21.9. The Kier molecular flexibility index (Phi) is 8.68. The van der Waals surface area contributed by atoms with Gasteiger partial charge in [0.05, 0.1) is 0 Å². The standard InChI is InChI=1S/C60H45N4O2.Pt/c1-38(2)32-43-33-59-61-36-53(43)42-23-28-46(29-24-42)65-45-26-21-41(22-27-45)49-15-11-16-52(48-13-6-5-12-39(48)3)60(49)63-37-62(55-18-9-10-19-56(55)63)44-25-20-40(4)58(34-44)66-47-30-31-51-50-14-7-8-17-54(50)64(59)57(51)35-47;/h5-31,33,36-38H,32H2,1-4H3;/q-3;/i3D3,4D3,32D2;. The van der Waals surface area contributed by atoms with Crippen LogP contribution in [-0.4, -0.2) is 9.55 Å². The number of rotatable bonds is 3. The third-order valence-electron chi connectivity index (χ3n) is 12.2. The number of ether oxygens (including phenoxy) is 2. The first-order valence-electron chi connectivity index (χ1n) is 25.9. The van der Waals surface area contributed by atoms with E-state index in [0.29, 0.717) is 56.5 Å². The van der Waals surface area contributed by atoms with Crippen LogP contribution in [0.25, 0.3) is 61.0 Å². The van der Waals surface area contributed by atoms with Crippen molar-refractivity contribution in [1.29, 1.82) is 0 Å². The Morgan fingerprint density at radius 1 is 0.627 bits per heavy atom. The number of pyridine rings is 1. The topological polar surface area (TPSA) is 42.8 Å². The van der Waals surface area contributed by atoms with E-state index in [9.17, 15) is 2.74 Å². The zero-order chi connectivity index (χ0) is 51.3. The molecule has 0 saturated heterocycles. The Hall–Kier alpha value is -7.40. The molecule has 7 heterocycles. The zero-order valence-corrected chi connectivity index (χ0v) is 38.6. The minimum absolute atomic E-state index is 0. The average Bonchev–Trinajstić information content (AvgIpc) is 3.94. The summed E-state index contributed by atoms with van der Waals surface area (Å²) in [6.45, 7) is 0.618. The van der Waals surface area contributed by atoms with E-state index in [-0.39, 0.29) is 43.7 Å². The van der Waals surface area contributed by atoms with Crippen molar-refractivity contribution < 1.29 is 41.5 Å². The van der Waals surface area contributed by atoms with Crippen LogP contribution < -0.4 is 19.3 Å². The summed E-state index contributed by atoms with van der Waals surface area (Å²) in [6, 6.07) is 59.4. The third-order valence-corrected chi connectivity index (χ3v) is 12.2. The largest absolute Gasteiger partial charge is 0.509 e. The quantitative estimate of drug-likeness (QED) is 0.165. The molecule has 6 nitrogen and oxygen atoms in total. The van der Waals surface area contributed by atoms with Crippen LogP contribution in [0.3, 0.4) is 0 Å². The van der Waals surface area contributed by atoms with Gasteiger partial charge in [-0.05, 0) is 101 Å². The molecule has 10 aromatic rings. The third kappa shape index (κ3) is 7.46. The fraction of sp³-hybridized carbons (Fsp3) is 0.100. The maximum atomic E-state index is 9.47. The smallest absolute Gasteiger partial charge is 0.135 e. The Morgan fingerprint density at radius 2 is 1.31 bits per heavy atom. The van der Waals surface area contributed by atoms with Crippen molar-refractivity contribution in [3.63, 3.8) is 0 Å². The molecule has 0 radical (unpaired) electrons. The molecule has 0 spiro atoms. The average molecular weight is 1060 g/mol. The van der Waals surface area contributed by atoms with E-state index in [1.807, 2.05) is 174 Å². The summed E-state index contributed by atoms with van der Waals surface area (Å²) in [4.78, 5) is 8.97. The monoisotopic (exact) mass is 1060 g/mol. The minimum atomic E-state index is -2.59. The van der Waals surface area contributed by atoms with Crippen LogP contribution in [0.2, 0.25) is 0 Å². The number of benzene rings is 8. The number of aryl methyl sites for hydroxylation is 2. The van der Waals surface area contributed by atoms with Gasteiger partial charge in [0.2, 0.25) is 0 Å². The predicted molar refractivity (Wildman–Crippen MR) is 269 cm³/mol. The number of nitrogens with zero attached hydrogens (tertiary/aromatic N) is 4. The molecule has 8 aromatic carbocycles.